The van der Waals surface area contributed by atoms with Crippen molar-refractivity contribution in [1.82, 2.24) is 10.6 Å². The van der Waals surface area contributed by atoms with Crippen molar-refractivity contribution in [2.45, 2.75) is 19.3 Å². The number of hydrogen-bond donors (Lipinski definition) is 2. The van der Waals surface area contributed by atoms with Crippen LogP contribution < -0.4 is 10.6 Å². The summed E-state index contributed by atoms with van der Waals surface area (Å²) in [4.78, 5) is 12.1. The third kappa shape index (κ3) is 2.41. The van der Waals surface area contributed by atoms with Crippen LogP contribution in [0.4, 0.5) is 0 Å². The number of rotatable bonds is 3. The molecule has 18 heavy (non-hydrogen) atoms. The van der Waals surface area contributed by atoms with Crippen LogP contribution in [0.15, 0.2) is 24.3 Å². The highest BCUT2D eigenvalue weighted by Gasteiger charge is 2.27. The lowest BCUT2D eigenvalue weighted by molar-refractivity contribution is -0.124. The molecule has 2 N–H and O–H groups in total. The summed E-state index contributed by atoms with van der Waals surface area (Å²) in [6, 6.07) is 8.40. The summed E-state index contributed by atoms with van der Waals surface area (Å²) in [5.41, 5.74) is 2.69. The van der Waals surface area contributed by atoms with Crippen LogP contribution in [0.3, 0.4) is 0 Å². The predicted octanol–water partition coefficient (Wildman–Crippen LogP) is 1.13. The van der Waals surface area contributed by atoms with E-state index in [1.54, 1.807) is 0 Å². The van der Waals surface area contributed by atoms with E-state index < -0.39 is 0 Å². The first-order chi connectivity index (χ1) is 8.83. The second-order valence-electron chi connectivity index (χ2n) is 5.48. The van der Waals surface area contributed by atoms with Gasteiger partial charge >= 0.3 is 0 Å². The van der Waals surface area contributed by atoms with Gasteiger partial charge in [0.15, 0.2) is 0 Å². The second kappa shape index (κ2) is 5.11. The smallest absolute Gasteiger partial charge is 0.223 e. The Morgan fingerprint density at radius 1 is 1.28 bits per heavy atom. The Hall–Kier alpha value is -1.35. The van der Waals surface area contributed by atoms with Gasteiger partial charge < -0.3 is 10.6 Å². The molecule has 96 valence electrons. The molecule has 1 saturated heterocycles. The summed E-state index contributed by atoms with van der Waals surface area (Å²) >= 11 is 0. The van der Waals surface area contributed by atoms with Crippen molar-refractivity contribution in [2.75, 3.05) is 19.6 Å². The van der Waals surface area contributed by atoms with E-state index in [1.165, 1.54) is 17.5 Å². The molecule has 1 heterocycles. The van der Waals surface area contributed by atoms with E-state index in [2.05, 4.69) is 34.9 Å². The Bertz CT molecular complexity index is 413. The molecule has 1 aromatic carbocycles. The largest absolute Gasteiger partial charge is 0.356 e. The van der Waals surface area contributed by atoms with Crippen LogP contribution in [0, 0.1) is 11.8 Å². The summed E-state index contributed by atoms with van der Waals surface area (Å²) in [7, 11) is 0. The number of amides is 1. The Morgan fingerprint density at radius 2 is 2.00 bits per heavy atom. The highest BCUT2D eigenvalue weighted by atomic mass is 16.1. The molecule has 3 heteroatoms. The van der Waals surface area contributed by atoms with Crippen molar-refractivity contribution in [1.29, 1.82) is 0 Å². The number of hydrogen-bond acceptors (Lipinski definition) is 2. The SMILES string of the molecule is O=C(NCC1CCNC1)C1Cc2ccccc2C1. The molecular formula is C15H20N2O. The quantitative estimate of drug-likeness (QED) is 0.837. The molecule has 0 bridgehead atoms. The molecule has 2 aliphatic rings. The third-order valence-corrected chi connectivity index (χ3v) is 4.15. The summed E-state index contributed by atoms with van der Waals surface area (Å²) in [5.74, 6) is 1.01. The van der Waals surface area contributed by atoms with Gasteiger partial charge in [-0.25, -0.2) is 0 Å². The molecule has 1 amide bonds. The number of carbonyl (C=O) groups is 1. The molecule has 3 nitrogen and oxygen atoms in total. The second-order valence-corrected chi connectivity index (χ2v) is 5.48. The summed E-state index contributed by atoms with van der Waals surface area (Å²) in [6.07, 6.45) is 3.00. The fourth-order valence-corrected chi connectivity index (χ4v) is 3.02. The maximum absolute atomic E-state index is 12.1. The molecule has 3 rings (SSSR count). The fourth-order valence-electron chi connectivity index (χ4n) is 3.02. The number of carbonyl (C=O) groups excluding carboxylic acids is 1. The summed E-state index contributed by atoms with van der Waals surface area (Å²) in [5, 5.41) is 6.45. The Labute approximate surface area is 108 Å². The van der Waals surface area contributed by atoms with Crippen LogP contribution in [-0.4, -0.2) is 25.5 Å². The van der Waals surface area contributed by atoms with E-state index in [4.69, 9.17) is 0 Å². The minimum absolute atomic E-state index is 0.150. The van der Waals surface area contributed by atoms with Crippen molar-refractivity contribution in [2.24, 2.45) is 11.8 Å². The van der Waals surface area contributed by atoms with Gasteiger partial charge in [0.2, 0.25) is 5.91 Å². The van der Waals surface area contributed by atoms with E-state index in [0.717, 1.165) is 32.5 Å². The Kier molecular flexibility index (Phi) is 3.33. The first-order valence-corrected chi connectivity index (χ1v) is 6.88. The molecule has 1 aromatic rings. The minimum Gasteiger partial charge on any atom is -0.356 e. The molecular weight excluding hydrogens is 224 g/mol. The molecule has 0 spiro atoms. The van der Waals surface area contributed by atoms with Gasteiger partial charge in [-0.3, -0.25) is 4.79 Å². The Morgan fingerprint density at radius 3 is 2.61 bits per heavy atom. The molecule has 1 aliphatic carbocycles. The minimum atomic E-state index is 0.150. The number of fused-ring (bicyclic) bond motifs is 1. The lowest BCUT2D eigenvalue weighted by atomic mass is 10.0. The molecule has 1 unspecified atom stereocenters. The van der Waals surface area contributed by atoms with Crippen molar-refractivity contribution < 1.29 is 4.79 Å². The normalized spacial score (nSPS) is 23.0. The monoisotopic (exact) mass is 244 g/mol. The van der Waals surface area contributed by atoms with E-state index in [0.29, 0.717) is 5.92 Å². The summed E-state index contributed by atoms with van der Waals surface area (Å²) in [6.45, 7) is 2.97. The first kappa shape index (κ1) is 11.7. The van der Waals surface area contributed by atoms with Crippen LogP contribution in [0.5, 0.6) is 0 Å². The van der Waals surface area contributed by atoms with Crippen LogP contribution in [0.2, 0.25) is 0 Å². The van der Waals surface area contributed by atoms with E-state index in [1.807, 2.05) is 0 Å². The van der Waals surface area contributed by atoms with Crippen LogP contribution in [0.1, 0.15) is 17.5 Å². The van der Waals surface area contributed by atoms with Gasteiger partial charge in [0.1, 0.15) is 0 Å². The predicted molar refractivity (Wildman–Crippen MR) is 71.3 cm³/mol. The van der Waals surface area contributed by atoms with Crippen molar-refractivity contribution in [3.05, 3.63) is 35.4 Å². The average molecular weight is 244 g/mol. The molecule has 0 aromatic heterocycles. The van der Waals surface area contributed by atoms with Gasteiger partial charge in [0.05, 0.1) is 0 Å². The maximum Gasteiger partial charge on any atom is 0.223 e. The van der Waals surface area contributed by atoms with E-state index in [9.17, 15) is 4.79 Å². The molecule has 1 aliphatic heterocycles. The lowest BCUT2D eigenvalue weighted by Crippen LogP contribution is -2.35. The van der Waals surface area contributed by atoms with Crippen LogP contribution in [-0.2, 0) is 17.6 Å². The molecule has 1 fully saturated rings. The van der Waals surface area contributed by atoms with Crippen molar-refractivity contribution >= 4 is 5.91 Å². The summed E-state index contributed by atoms with van der Waals surface area (Å²) < 4.78 is 0. The van der Waals surface area contributed by atoms with Gasteiger partial charge in [-0.15, -0.1) is 0 Å². The van der Waals surface area contributed by atoms with Gasteiger partial charge in [0.25, 0.3) is 0 Å². The zero-order valence-corrected chi connectivity index (χ0v) is 10.6. The first-order valence-electron chi connectivity index (χ1n) is 6.88. The van der Waals surface area contributed by atoms with E-state index in [-0.39, 0.29) is 11.8 Å². The Balaban J connectivity index is 1.52. The topological polar surface area (TPSA) is 41.1 Å². The van der Waals surface area contributed by atoms with Crippen LogP contribution >= 0.6 is 0 Å². The molecule has 0 radical (unpaired) electrons. The average Bonchev–Trinajstić information content (AvgIpc) is 3.04. The molecule has 1 atom stereocenters. The van der Waals surface area contributed by atoms with Crippen LogP contribution in [0.25, 0.3) is 0 Å². The highest BCUT2D eigenvalue weighted by molar-refractivity contribution is 5.80. The van der Waals surface area contributed by atoms with Crippen molar-refractivity contribution in [3.63, 3.8) is 0 Å². The van der Waals surface area contributed by atoms with Gasteiger partial charge in [-0.05, 0) is 49.4 Å². The zero-order chi connectivity index (χ0) is 12.4. The van der Waals surface area contributed by atoms with Gasteiger partial charge in [-0.2, -0.15) is 0 Å². The molecule has 0 saturated carbocycles. The fraction of sp³-hybridized carbons (Fsp3) is 0.533. The zero-order valence-electron chi connectivity index (χ0n) is 10.6. The lowest BCUT2D eigenvalue weighted by Gasteiger charge is -2.13. The maximum atomic E-state index is 12.1. The van der Waals surface area contributed by atoms with Gasteiger partial charge in [0, 0.05) is 12.5 Å². The highest BCUT2D eigenvalue weighted by Crippen LogP contribution is 2.26. The van der Waals surface area contributed by atoms with Crippen molar-refractivity contribution in [3.8, 4) is 0 Å². The third-order valence-electron chi connectivity index (χ3n) is 4.15. The number of benzene rings is 1. The standard InChI is InChI=1S/C15H20N2O/c18-15(17-10-11-5-6-16-9-11)14-7-12-3-1-2-4-13(12)8-14/h1-4,11,14,16H,5-10H2,(H,17,18). The van der Waals surface area contributed by atoms with E-state index >= 15 is 0 Å². The van der Waals surface area contributed by atoms with Gasteiger partial charge in [-0.1, -0.05) is 24.3 Å². The number of nitrogens with one attached hydrogen (secondary N) is 2.